The average Bonchev–Trinajstić information content (AvgIpc) is 2.51. The summed E-state index contributed by atoms with van der Waals surface area (Å²) < 4.78 is 13.6. The van der Waals surface area contributed by atoms with Crippen LogP contribution in [0.15, 0.2) is 18.2 Å². The summed E-state index contributed by atoms with van der Waals surface area (Å²) in [6.45, 7) is 1.29. The zero-order valence-electron chi connectivity index (χ0n) is 10.5. The summed E-state index contributed by atoms with van der Waals surface area (Å²) in [4.78, 5) is 27.3. The number of halogens is 2. The molecule has 4 nitrogen and oxygen atoms in total. The van der Waals surface area contributed by atoms with E-state index in [4.69, 9.17) is 0 Å². The summed E-state index contributed by atoms with van der Waals surface area (Å²) in [5.74, 6) is -0.649. The molecule has 0 unspecified atom stereocenters. The van der Waals surface area contributed by atoms with Gasteiger partial charge in [0.25, 0.3) is 5.91 Å². The van der Waals surface area contributed by atoms with Crippen LogP contribution >= 0.6 is 22.6 Å². The molecule has 1 heterocycles. The molecule has 0 saturated carbocycles. The van der Waals surface area contributed by atoms with Crippen molar-refractivity contribution in [2.45, 2.75) is 6.42 Å². The first kappa shape index (κ1) is 14.2. The van der Waals surface area contributed by atoms with E-state index in [0.29, 0.717) is 22.2 Å². The Balaban J connectivity index is 2.21. The fourth-order valence-corrected chi connectivity index (χ4v) is 2.70. The lowest BCUT2D eigenvalue weighted by Gasteiger charge is -2.20. The predicted octanol–water partition coefficient (Wildman–Crippen LogP) is 1.73. The lowest BCUT2D eigenvalue weighted by molar-refractivity contribution is -0.129. The maximum atomic E-state index is 13.0. The summed E-state index contributed by atoms with van der Waals surface area (Å²) in [6, 6.07) is 4.05. The maximum absolute atomic E-state index is 13.0. The normalized spacial score (nSPS) is 16.5. The zero-order chi connectivity index (χ0) is 14.0. The van der Waals surface area contributed by atoms with E-state index < -0.39 is 0 Å². The Morgan fingerprint density at radius 3 is 2.79 bits per heavy atom. The highest BCUT2D eigenvalue weighted by atomic mass is 127. The van der Waals surface area contributed by atoms with Gasteiger partial charge in [0.2, 0.25) is 5.91 Å². The van der Waals surface area contributed by atoms with Crippen molar-refractivity contribution >= 4 is 34.4 Å². The Kier molecular flexibility index (Phi) is 4.38. The molecule has 6 heteroatoms. The molecule has 0 atom stereocenters. The first-order chi connectivity index (χ1) is 8.99. The summed E-state index contributed by atoms with van der Waals surface area (Å²) in [6.07, 6.45) is 0.756. The van der Waals surface area contributed by atoms with Crippen LogP contribution in [0.5, 0.6) is 0 Å². The molecule has 102 valence electrons. The summed E-state index contributed by atoms with van der Waals surface area (Å²) in [7, 11) is 1.73. The van der Waals surface area contributed by atoms with Crippen molar-refractivity contribution in [1.29, 1.82) is 0 Å². The molecule has 1 aromatic carbocycles. The third-order valence-electron chi connectivity index (χ3n) is 3.12. The van der Waals surface area contributed by atoms with Gasteiger partial charge in [-0.2, -0.15) is 0 Å². The Morgan fingerprint density at radius 1 is 1.37 bits per heavy atom. The molecule has 1 aromatic rings. The number of carbonyl (C=O) groups is 2. The van der Waals surface area contributed by atoms with Crippen molar-refractivity contribution in [3.8, 4) is 0 Å². The largest absolute Gasteiger partial charge is 0.344 e. The van der Waals surface area contributed by atoms with E-state index in [1.165, 1.54) is 23.1 Å². The van der Waals surface area contributed by atoms with Crippen LogP contribution in [0.3, 0.4) is 0 Å². The van der Waals surface area contributed by atoms with Crippen molar-refractivity contribution in [3.63, 3.8) is 0 Å². The predicted molar refractivity (Wildman–Crippen MR) is 77.3 cm³/mol. The van der Waals surface area contributed by atoms with Crippen molar-refractivity contribution < 1.29 is 14.0 Å². The number of amides is 2. The second-order valence-electron chi connectivity index (χ2n) is 4.52. The van der Waals surface area contributed by atoms with Crippen LogP contribution in [0, 0.1) is 9.39 Å². The lowest BCUT2D eigenvalue weighted by Crippen LogP contribution is -2.38. The highest BCUT2D eigenvalue weighted by Crippen LogP contribution is 2.17. The third-order valence-corrected chi connectivity index (χ3v) is 4.01. The number of carbonyl (C=O) groups excluding carboxylic acids is 2. The molecule has 2 amide bonds. The summed E-state index contributed by atoms with van der Waals surface area (Å²) >= 11 is 1.93. The SMILES string of the molecule is CN1CCCN(C(=O)c2ccc(F)cc2I)CC1=O. The molecule has 0 aliphatic carbocycles. The topological polar surface area (TPSA) is 40.6 Å². The summed E-state index contributed by atoms with van der Waals surface area (Å²) in [5, 5.41) is 0. The molecule has 0 aromatic heterocycles. The van der Waals surface area contributed by atoms with E-state index in [1.54, 1.807) is 11.9 Å². The van der Waals surface area contributed by atoms with Crippen LogP contribution in [0.4, 0.5) is 4.39 Å². The lowest BCUT2D eigenvalue weighted by atomic mass is 10.2. The quantitative estimate of drug-likeness (QED) is 0.701. The standard InChI is InChI=1S/C13H14FIN2O2/c1-16-5-2-6-17(8-12(16)18)13(19)10-4-3-9(14)7-11(10)15/h3-4,7H,2,5-6,8H2,1H3. The van der Waals surface area contributed by atoms with Crippen LogP contribution < -0.4 is 0 Å². The van der Waals surface area contributed by atoms with Gasteiger partial charge in [-0.05, 0) is 47.2 Å². The number of hydrogen-bond acceptors (Lipinski definition) is 2. The van der Waals surface area contributed by atoms with Gasteiger partial charge in [-0.15, -0.1) is 0 Å². The number of likely N-dealkylation sites (N-methyl/N-ethyl adjacent to an activating group) is 1. The Hall–Kier alpha value is -1.18. The van der Waals surface area contributed by atoms with Gasteiger partial charge in [0.05, 0.1) is 5.56 Å². The van der Waals surface area contributed by atoms with Crippen molar-refractivity contribution in [3.05, 3.63) is 33.1 Å². The molecule has 0 bridgehead atoms. The first-order valence-electron chi connectivity index (χ1n) is 5.97. The summed E-state index contributed by atoms with van der Waals surface area (Å²) in [5.41, 5.74) is 0.444. The molecule has 1 aliphatic heterocycles. The molecule has 0 radical (unpaired) electrons. The van der Waals surface area contributed by atoms with Crippen LogP contribution in [0.2, 0.25) is 0 Å². The van der Waals surface area contributed by atoms with Gasteiger partial charge in [0.1, 0.15) is 12.4 Å². The number of rotatable bonds is 1. The van der Waals surface area contributed by atoms with Crippen molar-refractivity contribution in [1.82, 2.24) is 9.80 Å². The van der Waals surface area contributed by atoms with E-state index in [0.717, 1.165) is 6.42 Å². The molecule has 0 N–H and O–H groups in total. The Bertz CT molecular complexity index is 521. The molecular weight excluding hydrogens is 362 g/mol. The van der Waals surface area contributed by atoms with E-state index in [-0.39, 0.29) is 24.2 Å². The minimum Gasteiger partial charge on any atom is -0.344 e. The monoisotopic (exact) mass is 376 g/mol. The van der Waals surface area contributed by atoms with Crippen LogP contribution in [0.1, 0.15) is 16.8 Å². The number of nitrogens with zero attached hydrogens (tertiary/aromatic N) is 2. The molecule has 0 spiro atoms. The average molecular weight is 376 g/mol. The van der Waals surface area contributed by atoms with Crippen LogP contribution in [-0.2, 0) is 4.79 Å². The van der Waals surface area contributed by atoms with Crippen molar-refractivity contribution in [2.75, 3.05) is 26.7 Å². The van der Waals surface area contributed by atoms with Gasteiger partial charge in [-0.3, -0.25) is 9.59 Å². The second kappa shape index (κ2) is 5.85. The van der Waals surface area contributed by atoms with E-state index in [9.17, 15) is 14.0 Å². The van der Waals surface area contributed by atoms with Gasteiger partial charge >= 0.3 is 0 Å². The first-order valence-corrected chi connectivity index (χ1v) is 7.05. The molecule has 19 heavy (non-hydrogen) atoms. The van der Waals surface area contributed by atoms with E-state index in [1.807, 2.05) is 22.6 Å². The Labute approximate surface area is 124 Å². The van der Waals surface area contributed by atoms with Gasteiger partial charge < -0.3 is 9.80 Å². The third kappa shape index (κ3) is 3.23. The molecular formula is C13H14FIN2O2. The fourth-order valence-electron chi connectivity index (χ4n) is 1.99. The van der Waals surface area contributed by atoms with Crippen molar-refractivity contribution in [2.24, 2.45) is 0 Å². The molecule has 1 saturated heterocycles. The Morgan fingerprint density at radius 2 is 2.11 bits per heavy atom. The highest BCUT2D eigenvalue weighted by Gasteiger charge is 2.24. The smallest absolute Gasteiger partial charge is 0.255 e. The van der Waals surface area contributed by atoms with Gasteiger partial charge in [-0.25, -0.2) is 4.39 Å². The minimum atomic E-state index is -0.368. The van der Waals surface area contributed by atoms with Crippen LogP contribution in [0.25, 0.3) is 0 Å². The highest BCUT2D eigenvalue weighted by molar-refractivity contribution is 14.1. The maximum Gasteiger partial charge on any atom is 0.255 e. The van der Waals surface area contributed by atoms with Crippen LogP contribution in [-0.4, -0.2) is 48.3 Å². The molecule has 1 fully saturated rings. The van der Waals surface area contributed by atoms with E-state index >= 15 is 0 Å². The number of hydrogen-bond donors (Lipinski definition) is 0. The van der Waals surface area contributed by atoms with Gasteiger partial charge in [0.15, 0.2) is 0 Å². The fraction of sp³-hybridized carbons (Fsp3) is 0.385. The molecule has 1 aliphatic rings. The zero-order valence-corrected chi connectivity index (χ0v) is 12.7. The number of benzene rings is 1. The van der Waals surface area contributed by atoms with Gasteiger partial charge in [-0.1, -0.05) is 0 Å². The van der Waals surface area contributed by atoms with Gasteiger partial charge in [0, 0.05) is 23.7 Å². The van der Waals surface area contributed by atoms with E-state index in [2.05, 4.69) is 0 Å². The second-order valence-corrected chi connectivity index (χ2v) is 5.68. The minimum absolute atomic E-state index is 0.0667. The molecule has 2 rings (SSSR count).